The number of nitrogens with two attached hydrogens (primary N) is 1. The Balaban J connectivity index is 2.63. The standard InChI is InChI=1S/C11H15N3/c1-13-8-10-5-3-9(4-6-10)7-11(12)14-2/h3-6,12-13H,2,7-8H2,1H3/p+1. The first kappa shape index (κ1) is 10.6. The molecule has 14 heavy (non-hydrogen) atoms. The maximum absolute atomic E-state index is 5.58. The quantitative estimate of drug-likeness (QED) is 0.501. The number of hydrogen-bond acceptors (Lipinski definition) is 1. The van der Waals surface area contributed by atoms with Gasteiger partial charge in [0.2, 0.25) is 0 Å². The lowest BCUT2D eigenvalue weighted by atomic mass is 10.1. The minimum absolute atomic E-state index is 0.561. The average molecular weight is 190 g/mol. The lowest BCUT2D eigenvalue weighted by Gasteiger charge is -2.00. The zero-order valence-electron chi connectivity index (χ0n) is 8.46. The number of rotatable bonds is 4. The Kier molecular flexibility index (Phi) is 4.01. The van der Waals surface area contributed by atoms with Crippen LogP contribution in [-0.2, 0) is 13.0 Å². The van der Waals surface area contributed by atoms with Gasteiger partial charge in [0.1, 0.15) is 6.72 Å². The molecule has 0 atom stereocenters. The van der Waals surface area contributed by atoms with E-state index in [1.54, 1.807) is 0 Å². The predicted octanol–water partition coefficient (Wildman–Crippen LogP) is -0.193. The Morgan fingerprint density at radius 3 is 2.43 bits per heavy atom. The highest BCUT2D eigenvalue weighted by atomic mass is 14.8. The highest BCUT2D eigenvalue weighted by Gasteiger charge is 2.02. The van der Waals surface area contributed by atoms with Crippen LogP contribution in [0.3, 0.4) is 0 Å². The maximum Gasteiger partial charge on any atom is 0.293 e. The van der Waals surface area contributed by atoms with Crippen LogP contribution in [0.1, 0.15) is 11.1 Å². The highest BCUT2D eigenvalue weighted by molar-refractivity contribution is 5.82. The fourth-order valence-electron chi connectivity index (χ4n) is 1.24. The summed E-state index contributed by atoms with van der Waals surface area (Å²) in [5, 5.41) is 8.67. The molecule has 0 amide bonds. The molecular formula is C11H16N3+. The molecule has 0 aliphatic carbocycles. The van der Waals surface area contributed by atoms with Gasteiger partial charge < -0.3 is 5.32 Å². The summed E-state index contributed by atoms with van der Waals surface area (Å²) in [6.07, 6.45) is 0.670. The molecule has 1 aromatic carbocycles. The van der Waals surface area contributed by atoms with Crippen LogP contribution in [0.5, 0.6) is 0 Å². The monoisotopic (exact) mass is 190 g/mol. The van der Waals surface area contributed by atoms with Crippen LogP contribution in [0.15, 0.2) is 29.3 Å². The number of nitrogens with zero attached hydrogens (tertiary/aromatic N) is 1. The van der Waals surface area contributed by atoms with Gasteiger partial charge in [-0.1, -0.05) is 29.3 Å². The van der Waals surface area contributed by atoms with Gasteiger partial charge in [-0.15, -0.1) is 0 Å². The van der Waals surface area contributed by atoms with Gasteiger partial charge in [0.15, 0.2) is 0 Å². The van der Waals surface area contributed by atoms with E-state index in [1.807, 2.05) is 7.05 Å². The average Bonchev–Trinajstić information content (AvgIpc) is 2.21. The molecular weight excluding hydrogens is 174 g/mol. The first-order chi connectivity index (χ1) is 6.76. The van der Waals surface area contributed by atoms with E-state index in [4.69, 9.17) is 5.41 Å². The topological polar surface area (TPSA) is 50.0 Å². The molecule has 74 valence electrons. The van der Waals surface area contributed by atoms with Crippen LogP contribution in [-0.4, -0.2) is 19.6 Å². The van der Waals surface area contributed by atoms with E-state index < -0.39 is 0 Å². The fraction of sp³-hybridized carbons (Fsp3) is 0.273. The SMILES string of the molecule is C=NC(=[NH2+])Cc1ccc(CNC)cc1. The second kappa shape index (κ2) is 5.29. The van der Waals surface area contributed by atoms with Crippen molar-refractivity contribution in [3.8, 4) is 0 Å². The molecule has 0 aromatic heterocycles. The third-order valence-electron chi connectivity index (χ3n) is 1.99. The van der Waals surface area contributed by atoms with Crippen molar-refractivity contribution in [1.82, 2.24) is 5.32 Å². The third kappa shape index (κ3) is 3.11. The largest absolute Gasteiger partial charge is 0.316 e. The van der Waals surface area contributed by atoms with Crippen molar-refractivity contribution >= 4 is 12.6 Å². The summed E-state index contributed by atoms with van der Waals surface area (Å²) in [6, 6.07) is 8.29. The lowest BCUT2D eigenvalue weighted by Crippen LogP contribution is -2.39. The van der Waals surface area contributed by atoms with Crippen molar-refractivity contribution in [2.24, 2.45) is 4.99 Å². The Hall–Kier alpha value is -1.48. The Morgan fingerprint density at radius 2 is 1.93 bits per heavy atom. The molecule has 3 N–H and O–H groups in total. The Morgan fingerprint density at radius 1 is 1.36 bits per heavy atom. The van der Waals surface area contributed by atoms with E-state index in [0.717, 1.165) is 12.1 Å². The number of aliphatic imine (C=N–C) groups is 1. The van der Waals surface area contributed by atoms with Crippen LogP contribution in [0.2, 0.25) is 0 Å². The number of benzene rings is 1. The summed E-state index contributed by atoms with van der Waals surface area (Å²) in [5.41, 5.74) is 2.43. The van der Waals surface area contributed by atoms with Crippen molar-refractivity contribution in [1.29, 1.82) is 0 Å². The van der Waals surface area contributed by atoms with Gasteiger partial charge in [0, 0.05) is 6.54 Å². The van der Waals surface area contributed by atoms with Gasteiger partial charge in [0.05, 0.1) is 6.42 Å². The molecule has 0 saturated heterocycles. The van der Waals surface area contributed by atoms with Gasteiger partial charge in [0.25, 0.3) is 5.84 Å². The summed E-state index contributed by atoms with van der Waals surface area (Å²) in [5.74, 6) is 0.561. The molecule has 0 aliphatic rings. The van der Waals surface area contributed by atoms with Crippen LogP contribution in [0.25, 0.3) is 0 Å². The summed E-state index contributed by atoms with van der Waals surface area (Å²) in [4.78, 5) is 3.67. The maximum atomic E-state index is 5.58. The van der Waals surface area contributed by atoms with E-state index in [-0.39, 0.29) is 0 Å². The summed E-state index contributed by atoms with van der Waals surface area (Å²) in [6.45, 7) is 4.27. The van der Waals surface area contributed by atoms with E-state index in [9.17, 15) is 0 Å². The van der Waals surface area contributed by atoms with Crippen molar-refractivity contribution in [3.63, 3.8) is 0 Å². The zero-order valence-corrected chi connectivity index (χ0v) is 8.46. The smallest absolute Gasteiger partial charge is 0.293 e. The van der Waals surface area contributed by atoms with Gasteiger partial charge in [-0.3, -0.25) is 5.41 Å². The number of amidine groups is 1. The number of nitrogens with one attached hydrogen (secondary N) is 1. The van der Waals surface area contributed by atoms with Crippen LogP contribution in [0.4, 0.5) is 0 Å². The second-order valence-electron chi connectivity index (χ2n) is 3.17. The molecule has 0 fully saturated rings. The first-order valence-electron chi connectivity index (χ1n) is 4.56. The predicted molar refractivity (Wildman–Crippen MR) is 59.4 cm³/mol. The van der Waals surface area contributed by atoms with Crippen LogP contribution in [0, 0.1) is 0 Å². The Bertz CT molecular complexity index is 314. The van der Waals surface area contributed by atoms with Gasteiger partial charge >= 0.3 is 0 Å². The molecule has 1 aromatic rings. The van der Waals surface area contributed by atoms with Crippen LogP contribution < -0.4 is 10.7 Å². The third-order valence-corrected chi connectivity index (χ3v) is 1.99. The summed E-state index contributed by atoms with van der Waals surface area (Å²) < 4.78 is 0. The molecule has 0 heterocycles. The molecule has 3 nitrogen and oxygen atoms in total. The molecule has 0 bridgehead atoms. The van der Waals surface area contributed by atoms with Crippen LogP contribution >= 0.6 is 0 Å². The van der Waals surface area contributed by atoms with Crippen molar-refractivity contribution < 1.29 is 5.41 Å². The van der Waals surface area contributed by atoms with Gasteiger partial charge in [-0.2, -0.15) is 0 Å². The molecule has 1 rings (SSSR count). The zero-order chi connectivity index (χ0) is 10.4. The normalized spacial score (nSPS) is 9.79. The van der Waals surface area contributed by atoms with Gasteiger partial charge in [-0.05, 0) is 18.2 Å². The first-order valence-corrected chi connectivity index (χ1v) is 4.56. The molecule has 3 heteroatoms. The number of hydrogen-bond donors (Lipinski definition) is 2. The van der Waals surface area contributed by atoms with E-state index in [2.05, 4.69) is 41.3 Å². The van der Waals surface area contributed by atoms with E-state index >= 15 is 0 Å². The van der Waals surface area contributed by atoms with Crippen molar-refractivity contribution in [2.75, 3.05) is 7.05 Å². The molecule has 0 aliphatic heterocycles. The minimum atomic E-state index is 0.561. The van der Waals surface area contributed by atoms with E-state index in [0.29, 0.717) is 12.3 Å². The van der Waals surface area contributed by atoms with E-state index in [1.165, 1.54) is 5.56 Å². The van der Waals surface area contributed by atoms with Gasteiger partial charge in [-0.25, -0.2) is 0 Å². The van der Waals surface area contributed by atoms with Crippen molar-refractivity contribution in [2.45, 2.75) is 13.0 Å². The molecule has 0 unspecified atom stereocenters. The Labute approximate surface area is 84.4 Å². The molecule has 0 spiro atoms. The summed E-state index contributed by atoms with van der Waals surface area (Å²) >= 11 is 0. The molecule has 0 radical (unpaired) electrons. The molecule has 0 saturated carbocycles. The highest BCUT2D eigenvalue weighted by Crippen LogP contribution is 2.04. The van der Waals surface area contributed by atoms with Crippen molar-refractivity contribution in [3.05, 3.63) is 35.4 Å². The lowest BCUT2D eigenvalue weighted by molar-refractivity contribution is -0.117. The second-order valence-corrected chi connectivity index (χ2v) is 3.17. The summed E-state index contributed by atoms with van der Waals surface area (Å²) in [7, 11) is 1.93. The minimum Gasteiger partial charge on any atom is -0.316 e. The fourth-order valence-corrected chi connectivity index (χ4v) is 1.24.